The first-order valence-electron chi connectivity index (χ1n) is 9.12. The normalized spacial score (nSPS) is 46.6. The summed E-state index contributed by atoms with van der Waals surface area (Å²) in [7, 11) is 0. The monoisotopic (exact) mass is 348 g/mol. The van der Waals surface area contributed by atoms with Crippen molar-refractivity contribution in [1.29, 1.82) is 0 Å². The summed E-state index contributed by atoms with van der Waals surface area (Å²) in [6, 6.07) is 0. The molecule has 5 aliphatic rings. The minimum atomic E-state index is -1.10. The van der Waals surface area contributed by atoms with Crippen molar-refractivity contribution in [2.75, 3.05) is 0 Å². The van der Waals surface area contributed by atoms with Gasteiger partial charge in [-0.05, 0) is 19.8 Å². The fourth-order valence-corrected chi connectivity index (χ4v) is 5.03. The highest BCUT2D eigenvalue weighted by atomic mass is 16.6. The molecule has 5 rings (SSSR count). The van der Waals surface area contributed by atoms with Crippen molar-refractivity contribution < 1.29 is 29.0 Å². The molecule has 0 unspecified atom stereocenters. The van der Waals surface area contributed by atoms with Gasteiger partial charge in [-0.3, -0.25) is 9.59 Å². The predicted octanol–water partition coefficient (Wildman–Crippen LogP) is 1.69. The van der Waals surface area contributed by atoms with Gasteiger partial charge in [-0.2, -0.15) is 0 Å². The molecule has 0 aromatic rings. The molecule has 0 radical (unpaired) electrons. The van der Waals surface area contributed by atoms with Gasteiger partial charge in [0.15, 0.2) is 17.1 Å². The van der Waals surface area contributed by atoms with Gasteiger partial charge in [0.2, 0.25) is 0 Å². The summed E-state index contributed by atoms with van der Waals surface area (Å²) in [5.41, 5.74) is -1.99. The van der Waals surface area contributed by atoms with Crippen molar-refractivity contribution in [3.05, 3.63) is 11.3 Å². The van der Waals surface area contributed by atoms with E-state index in [1.807, 2.05) is 20.8 Å². The fourth-order valence-electron chi connectivity index (χ4n) is 5.03. The maximum absolute atomic E-state index is 12.7. The Bertz CT molecular complexity index is 709. The van der Waals surface area contributed by atoms with E-state index in [1.54, 1.807) is 0 Å². The molecule has 1 spiro atoms. The number of ether oxygens (including phenoxy) is 2. The van der Waals surface area contributed by atoms with Crippen molar-refractivity contribution in [3.8, 4) is 0 Å². The van der Waals surface area contributed by atoms with Crippen LogP contribution >= 0.6 is 0 Å². The topological polar surface area (TPSA) is 89.9 Å². The predicted molar refractivity (Wildman–Crippen MR) is 86.3 cm³/mol. The van der Waals surface area contributed by atoms with E-state index < -0.39 is 29.2 Å². The molecule has 3 aliphatic heterocycles. The van der Waals surface area contributed by atoms with Crippen LogP contribution in [0.25, 0.3) is 0 Å². The van der Waals surface area contributed by atoms with E-state index in [0.717, 1.165) is 0 Å². The third kappa shape index (κ3) is 2.03. The van der Waals surface area contributed by atoms with Crippen LogP contribution in [0.5, 0.6) is 0 Å². The Morgan fingerprint density at radius 1 is 1.08 bits per heavy atom. The molecule has 0 aromatic carbocycles. The van der Waals surface area contributed by atoms with Crippen LogP contribution in [0.3, 0.4) is 0 Å². The zero-order valence-electron chi connectivity index (χ0n) is 14.8. The number of carbonyl (C=O) groups excluding carboxylic acids is 3. The summed E-state index contributed by atoms with van der Waals surface area (Å²) in [5.74, 6) is -1.27. The molecule has 1 saturated carbocycles. The molecule has 6 nitrogen and oxygen atoms in total. The van der Waals surface area contributed by atoms with Crippen molar-refractivity contribution in [2.45, 2.75) is 70.2 Å². The molecule has 3 heterocycles. The molecule has 3 fully saturated rings. The zero-order chi connectivity index (χ0) is 18.1. The Hall–Kier alpha value is -1.69. The van der Waals surface area contributed by atoms with Gasteiger partial charge in [-0.1, -0.05) is 13.8 Å². The molecular weight excluding hydrogens is 324 g/mol. The van der Waals surface area contributed by atoms with Crippen LogP contribution in [0.1, 0.15) is 52.9 Å². The van der Waals surface area contributed by atoms with E-state index >= 15 is 0 Å². The molecule has 5 bridgehead atoms. The number of fused-ring (bicyclic) bond motifs is 1. The lowest BCUT2D eigenvalue weighted by atomic mass is 9.58. The van der Waals surface area contributed by atoms with Gasteiger partial charge >= 0.3 is 5.97 Å². The van der Waals surface area contributed by atoms with E-state index in [2.05, 4.69) is 0 Å². The van der Waals surface area contributed by atoms with Crippen LogP contribution in [-0.4, -0.2) is 39.9 Å². The number of hydrogen-bond acceptors (Lipinski definition) is 6. The quantitative estimate of drug-likeness (QED) is 0.529. The smallest absolute Gasteiger partial charge is 0.346 e. The lowest BCUT2D eigenvalue weighted by Gasteiger charge is -2.60. The van der Waals surface area contributed by atoms with Gasteiger partial charge in [0.25, 0.3) is 0 Å². The van der Waals surface area contributed by atoms with Crippen molar-refractivity contribution in [3.63, 3.8) is 0 Å². The maximum atomic E-state index is 12.7. The summed E-state index contributed by atoms with van der Waals surface area (Å²) in [6.45, 7) is 5.59. The summed E-state index contributed by atoms with van der Waals surface area (Å²) in [5, 5.41) is 11.0. The van der Waals surface area contributed by atoms with Crippen molar-refractivity contribution in [1.82, 2.24) is 0 Å². The van der Waals surface area contributed by atoms with E-state index in [4.69, 9.17) is 9.47 Å². The third-order valence-electron chi connectivity index (χ3n) is 6.90. The number of rotatable bonds is 0. The van der Waals surface area contributed by atoms with Crippen LogP contribution < -0.4 is 0 Å². The Balaban J connectivity index is 1.88. The Labute approximate surface area is 146 Å². The fraction of sp³-hybridized carbons (Fsp3) is 0.737. The number of hydrogen-bond donors (Lipinski definition) is 1. The van der Waals surface area contributed by atoms with E-state index in [-0.39, 0.29) is 35.4 Å². The minimum absolute atomic E-state index is 0.00317. The molecule has 2 saturated heterocycles. The molecule has 6 heteroatoms. The number of Topliss-reactive ketones (excluding diaryl/α,β-unsaturated/α-hetero) is 2. The molecule has 2 aliphatic carbocycles. The number of esters is 1. The highest BCUT2D eigenvalue weighted by Crippen LogP contribution is 2.61. The summed E-state index contributed by atoms with van der Waals surface area (Å²) < 4.78 is 11.8. The summed E-state index contributed by atoms with van der Waals surface area (Å²) >= 11 is 0. The van der Waals surface area contributed by atoms with E-state index in [0.29, 0.717) is 31.4 Å². The van der Waals surface area contributed by atoms with Crippen molar-refractivity contribution >= 4 is 17.5 Å². The molecule has 6 atom stereocenters. The standard InChI is InChI=1S/C19H24O6/c1-9-4-6-13(21)14-16-19(25-17(14)23)8-10(2)18(3,24-16)15(22)11(19)5-7-12(9)20/h9-11,15,22H,4-8H2,1-3H3/t9-,10-,11-,15-,18-,19-/m0/s1. The van der Waals surface area contributed by atoms with Crippen LogP contribution in [0.15, 0.2) is 11.3 Å². The molecule has 0 aromatic heterocycles. The Kier molecular flexibility index (Phi) is 3.46. The average molecular weight is 348 g/mol. The molecule has 1 N–H and O–H groups in total. The van der Waals surface area contributed by atoms with Gasteiger partial charge in [0.1, 0.15) is 23.1 Å². The summed E-state index contributed by atoms with van der Waals surface area (Å²) in [6.07, 6.45) is 0.922. The van der Waals surface area contributed by atoms with Crippen LogP contribution in [0.2, 0.25) is 0 Å². The lowest BCUT2D eigenvalue weighted by Crippen LogP contribution is -2.69. The number of ketones is 2. The number of carbonyl (C=O) groups is 3. The van der Waals surface area contributed by atoms with Gasteiger partial charge in [-0.15, -0.1) is 0 Å². The van der Waals surface area contributed by atoms with E-state index in [1.165, 1.54) is 0 Å². The van der Waals surface area contributed by atoms with Gasteiger partial charge < -0.3 is 14.6 Å². The first kappa shape index (κ1) is 16.8. The third-order valence-corrected chi connectivity index (χ3v) is 6.90. The number of aliphatic hydroxyl groups excluding tert-OH is 1. The molecule has 136 valence electrons. The zero-order valence-corrected chi connectivity index (χ0v) is 14.8. The maximum Gasteiger partial charge on any atom is 0.346 e. The van der Waals surface area contributed by atoms with Gasteiger partial charge in [0.05, 0.1) is 0 Å². The Morgan fingerprint density at radius 2 is 1.80 bits per heavy atom. The van der Waals surface area contributed by atoms with Crippen molar-refractivity contribution in [2.24, 2.45) is 17.8 Å². The highest BCUT2D eigenvalue weighted by Gasteiger charge is 2.71. The van der Waals surface area contributed by atoms with E-state index in [9.17, 15) is 19.5 Å². The van der Waals surface area contributed by atoms with Gasteiger partial charge in [-0.25, -0.2) is 4.79 Å². The first-order valence-corrected chi connectivity index (χ1v) is 9.12. The Morgan fingerprint density at radius 3 is 2.52 bits per heavy atom. The minimum Gasteiger partial charge on any atom is -0.484 e. The second-order valence-electron chi connectivity index (χ2n) is 8.29. The molecule has 25 heavy (non-hydrogen) atoms. The number of aliphatic hydroxyl groups is 1. The first-order chi connectivity index (χ1) is 11.7. The lowest BCUT2D eigenvalue weighted by molar-refractivity contribution is -0.272. The largest absolute Gasteiger partial charge is 0.484 e. The van der Waals surface area contributed by atoms with Crippen LogP contribution in [-0.2, 0) is 23.9 Å². The SMILES string of the molecule is C[C@H]1CCC(=O)C2=C3O[C@@]4(C)[C@@H](C)C[C@]3(OC2=O)[C@@H](CCC1=O)[C@@H]4O. The van der Waals surface area contributed by atoms with Crippen LogP contribution in [0.4, 0.5) is 0 Å². The van der Waals surface area contributed by atoms with Crippen LogP contribution in [0, 0.1) is 17.8 Å². The molecule has 0 amide bonds. The second kappa shape index (κ2) is 5.16. The second-order valence-corrected chi connectivity index (χ2v) is 8.29. The van der Waals surface area contributed by atoms with Gasteiger partial charge in [0, 0.05) is 37.0 Å². The highest BCUT2D eigenvalue weighted by molar-refractivity contribution is 6.19. The average Bonchev–Trinajstić information content (AvgIpc) is 2.82. The molecular formula is C19H24O6. The summed E-state index contributed by atoms with van der Waals surface area (Å²) in [4.78, 5) is 37.6.